The summed E-state index contributed by atoms with van der Waals surface area (Å²) in [6.45, 7) is 9.32. The van der Waals surface area contributed by atoms with Gasteiger partial charge < -0.3 is 25.2 Å². The second kappa shape index (κ2) is 8.09. The SMILES string of the molecule is CC(=O)N[C@@]12CC[C@@H](NCC(=O)OC(C)(C)C)[C@@H]3Oc4c(O)ccc5c4[C@@]31CCN(CC1CC1)[C@@H]2C5. The Labute approximate surface area is 213 Å². The number of ether oxygens (including phenoxy) is 2. The maximum atomic E-state index is 12.8. The van der Waals surface area contributed by atoms with E-state index in [0.717, 1.165) is 50.3 Å². The Hall–Kier alpha value is -2.32. The monoisotopic (exact) mass is 497 g/mol. The number of nitrogens with one attached hydrogen (secondary N) is 2. The second-order valence-corrected chi connectivity index (χ2v) is 12.6. The summed E-state index contributed by atoms with van der Waals surface area (Å²) in [6, 6.07) is 3.87. The number of benzene rings is 1. The summed E-state index contributed by atoms with van der Waals surface area (Å²) in [4.78, 5) is 27.9. The van der Waals surface area contributed by atoms with Gasteiger partial charge in [0.1, 0.15) is 11.7 Å². The maximum absolute atomic E-state index is 12.8. The molecular formula is C28H39N3O5. The number of rotatable bonds is 6. The minimum absolute atomic E-state index is 0.0244. The van der Waals surface area contributed by atoms with Crippen LogP contribution in [0.2, 0.25) is 0 Å². The second-order valence-electron chi connectivity index (χ2n) is 12.6. The fourth-order valence-electron chi connectivity index (χ4n) is 7.90. The zero-order chi connectivity index (χ0) is 25.5. The van der Waals surface area contributed by atoms with Crippen LogP contribution in [-0.2, 0) is 26.2 Å². The molecule has 3 aliphatic carbocycles. The summed E-state index contributed by atoms with van der Waals surface area (Å²) in [5.41, 5.74) is 0.801. The van der Waals surface area contributed by atoms with Crippen molar-refractivity contribution >= 4 is 11.9 Å². The van der Waals surface area contributed by atoms with Gasteiger partial charge >= 0.3 is 5.97 Å². The molecule has 2 aliphatic heterocycles. The highest BCUT2D eigenvalue weighted by molar-refractivity contribution is 5.76. The van der Waals surface area contributed by atoms with E-state index < -0.39 is 16.6 Å². The number of hydrogen-bond acceptors (Lipinski definition) is 7. The van der Waals surface area contributed by atoms with Crippen LogP contribution in [0.15, 0.2) is 12.1 Å². The third-order valence-electron chi connectivity index (χ3n) is 9.14. The lowest BCUT2D eigenvalue weighted by Gasteiger charge is -2.66. The molecule has 2 bridgehead atoms. The van der Waals surface area contributed by atoms with Crippen molar-refractivity contribution in [3.63, 3.8) is 0 Å². The van der Waals surface area contributed by atoms with Crippen LogP contribution >= 0.6 is 0 Å². The summed E-state index contributed by atoms with van der Waals surface area (Å²) in [6.07, 6.45) is 5.51. The fourth-order valence-corrected chi connectivity index (χ4v) is 7.90. The van der Waals surface area contributed by atoms with E-state index in [1.165, 1.54) is 18.4 Å². The first kappa shape index (κ1) is 24.0. The predicted octanol–water partition coefficient (Wildman–Crippen LogP) is 2.40. The predicted molar refractivity (Wildman–Crippen MR) is 134 cm³/mol. The molecule has 0 radical (unpaired) electrons. The molecule has 8 heteroatoms. The number of carbonyl (C=O) groups excluding carboxylic acids is 2. The summed E-state index contributed by atoms with van der Waals surface area (Å²) >= 11 is 0. The molecule has 36 heavy (non-hydrogen) atoms. The number of aromatic hydroxyl groups is 1. The van der Waals surface area contributed by atoms with Gasteiger partial charge in [0.2, 0.25) is 5.91 Å². The average Bonchev–Trinajstić information content (AvgIpc) is 3.52. The third kappa shape index (κ3) is 3.55. The van der Waals surface area contributed by atoms with Gasteiger partial charge in [0.15, 0.2) is 11.5 Å². The van der Waals surface area contributed by atoms with Crippen molar-refractivity contribution in [1.82, 2.24) is 15.5 Å². The first-order chi connectivity index (χ1) is 17.0. The van der Waals surface area contributed by atoms with E-state index in [1.807, 2.05) is 26.8 Å². The van der Waals surface area contributed by atoms with E-state index in [4.69, 9.17) is 9.47 Å². The van der Waals surface area contributed by atoms with Crippen molar-refractivity contribution in [1.29, 1.82) is 0 Å². The number of nitrogens with zero attached hydrogens (tertiary/aromatic N) is 1. The van der Waals surface area contributed by atoms with E-state index in [9.17, 15) is 14.7 Å². The standard InChI is InChI=1S/C28H39N3O5/c1-16(32)30-28-10-9-19(29-14-22(34)36-26(2,3)4)25-27(28)11-12-31(15-17-5-6-17)21(28)13-18-7-8-20(33)24(35-25)23(18)27/h7-8,17,19,21,25,29,33H,5-6,9-15H2,1-4H3,(H,30,32)/t19-,21-,25+,27+,28-/m1/s1. The van der Waals surface area contributed by atoms with Crippen molar-refractivity contribution < 1.29 is 24.2 Å². The van der Waals surface area contributed by atoms with Gasteiger partial charge in [-0.05, 0) is 83.4 Å². The summed E-state index contributed by atoms with van der Waals surface area (Å²) in [5.74, 6) is 1.15. The Kier molecular flexibility index (Phi) is 5.40. The number of amides is 1. The van der Waals surface area contributed by atoms with E-state index in [2.05, 4.69) is 15.5 Å². The maximum Gasteiger partial charge on any atom is 0.320 e. The van der Waals surface area contributed by atoms with Crippen molar-refractivity contribution in [2.75, 3.05) is 19.6 Å². The Balaban J connectivity index is 1.41. The number of phenols is 1. The molecule has 196 valence electrons. The van der Waals surface area contributed by atoms with Gasteiger partial charge in [-0.3, -0.25) is 14.5 Å². The summed E-state index contributed by atoms with van der Waals surface area (Å²) in [7, 11) is 0. The Bertz CT molecular complexity index is 1100. The van der Waals surface area contributed by atoms with Crippen molar-refractivity contribution in [2.24, 2.45) is 5.92 Å². The molecule has 1 amide bonds. The zero-order valence-corrected chi connectivity index (χ0v) is 21.9. The fraction of sp³-hybridized carbons (Fsp3) is 0.714. The van der Waals surface area contributed by atoms with E-state index in [0.29, 0.717) is 5.75 Å². The van der Waals surface area contributed by atoms with Gasteiger partial charge in [0.25, 0.3) is 0 Å². The minimum atomic E-state index is -0.545. The molecule has 1 saturated heterocycles. The normalized spacial score (nSPS) is 34.5. The highest BCUT2D eigenvalue weighted by Crippen LogP contribution is 2.65. The molecule has 1 spiro atoms. The highest BCUT2D eigenvalue weighted by Gasteiger charge is 2.73. The van der Waals surface area contributed by atoms with E-state index in [1.54, 1.807) is 13.0 Å². The topological polar surface area (TPSA) is 100 Å². The molecule has 3 N–H and O–H groups in total. The molecule has 6 rings (SSSR count). The Morgan fingerprint density at radius 3 is 2.69 bits per heavy atom. The van der Waals surface area contributed by atoms with Gasteiger partial charge in [0, 0.05) is 31.1 Å². The molecule has 2 saturated carbocycles. The molecule has 0 unspecified atom stereocenters. The first-order valence-corrected chi connectivity index (χ1v) is 13.5. The van der Waals surface area contributed by atoms with E-state index in [-0.39, 0.29) is 42.4 Å². The smallest absolute Gasteiger partial charge is 0.320 e. The molecular weight excluding hydrogens is 458 g/mol. The largest absolute Gasteiger partial charge is 0.504 e. The van der Waals surface area contributed by atoms with Crippen molar-refractivity contribution in [3.05, 3.63) is 23.3 Å². The number of esters is 1. The zero-order valence-electron chi connectivity index (χ0n) is 21.9. The molecule has 1 aromatic rings. The van der Waals surface area contributed by atoms with E-state index >= 15 is 0 Å². The van der Waals surface area contributed by atoms with Crippen LogP contribution in [0, 0.1) is 5.92 Å². The lowest BCUT2D eigenvalue weighted by molar-refractivity contribution is -0.154. The quantitative estimate of drug-likeness (QED) is 0.519. The number of carbonyl (C=O) groups is 2. The lowest BCUT2D eigenvalue weighted by Crippen LogP contribution is -2.83. The third-order valence-corrected chi connectivity index (χ3v) is 9.14. The molecule has 1 aromatic carbocycles. The van der Waals surface area contributed by atoms with Gasteiger partial charge in [0.05, 0.1) is 17.5 Å². The van der Waals surface area contributed by atoms with Gasteiger partial charge in [-0.1, -0.05) is 6.07 Å². The number of piperidine rings is 1. The van der Waals surface area contributed by atoms with Crippen LogP contribution in [-0.4, -0.2) is 70.8 Å². The van der Waals surface area contributed by atoms with Crippen LogP contribution < -0.4 is 15.4 Å². The highest BCUT2D eigenvalue weighted by atomic mass is 16.6. The van der Waals surface area contributed by atoms with Crippen LogP contribution in [0.25, 0.3) is 0 Å². The van der Waals surface area contributed by atoms with Gasteiger partial charge in [-0.25, -0.2) is 0 Å². The summed E-state index contributed by atoms with van der Waals surface area (Å²) < 4.78 is 12.2. The van der Waals surface area contributed by atoms with Gasteiger partial charge in [-0.15, -0.1) is 0 Å². The molecule has 5 atom stereocenters. The molecule has 2 heterocycles. The van der Waals surface area contributed by atoms with Crippen molar-refractivity contribution in [2.45, 2.75) is 101 Å². The van der Waals surface area contributed by atoms with Crippen LogP contribution in [0.1, 0.15) is 70.9 Å². The van der Waals surface area contributed by atoms with Gasteiger partial charge in [-0.2, -0.15) is 0 Å². The first-order valence-electron chi connectivity index (χ1n) is 13.5. The average molecular weight is 498 g/mol. The van der Waals surface area contributed by atoms with Crippen LogP contribution in [0.3, 0.4) is 0 Å². The molecule has 5 aliphatic rings. The molecule has 0 aromatic heterocycles. The summed E-state index contributed by atoms with van der Waals surface area (Å²) in [5, 5.41) is 17.8. The molecule has 8 nitrogen and oxygen atoms in total. The number of hydrogen-bond donors (Lipinski definition) is 3. The molecule has 3 fully saturated rings. The minimum Gasteiger partial charge on any atom is -0.504 e. The van der Waals surface area contributed by atoms with Crippen LogP contribution in [0.4, 0.5) is 0 Å². The number of phenolic OH excluding ortho intramolecular Hbond substituents is 1. The lowest BCUT2D eigenvalue weighted by atomic mass is 9.46. The van der Waals surface area contributed by atoms with Crippen molar-refractivity contribution in [3.8, 4) is 11.5 Å². The van der Waals surface area contributed by atoms with Crippen LogP contribution in [0.5, 0.6) is 11.5 Å². The number of likely N-dealkylation sites (tertiary alicyclic amines) is 1. The Morgan fingerprint density at radius 1 is 1.22 bits per heavy atom. The Morgan fingerprint density at radius 2 is 2.00 bits per heavy atom.